The predicted molar refractivity (Wildman–Crippen MR) is 125 cm³/mol. The van der Waals surface area contributed by atoms with Crippen molar-refractivity contribution in [2.75, 3.05) is 7.11 Å². The zero-order valence-electron chi connectivity index (χ0n) is 16.6. The quantitative estimate of drug-likeness (QED) is 0.347. The average Bonchev–Trinajstić information content (AvgIpc) is 3.13. The van der Waals surface area contributed by atoms with Gasteiger partial charge >= 0.3 is 0 Å². The molecule has 12 heteroatoms. The summed E-state index contributed by atoms with van der Waals surface area (Å²) >= 11 is 23.5. The van der Waals surface area contributed by atoms with Crippen LogP contribution in [0.2, 0.25) is 15.1 Å². The van der Waals surface area contributed by atoms with Crippen molar-refractivity contribution < 1.29 is 18.8 Å². The maximum Gasteiger partial charge on any atom is 0.273 e. The topological polar surface area (TPSA) is 105 Å². The van der Waals surface area contributed by atoms with Gasteiger partial charge in [0.25, 0.3) is 11.8 Å². The SMILES string of the molecule is COc1ccc(Cl)cc1C(=O)NNC(=S)NC(=O)c1c(-c2c(Cl)cccc2Cl)noc1C. The molecule has 3 rings (SSSR count). The molecule has 0 unspecified atom stereocenters. The third-order valence-corrected chi connectivity index (χ3v) is 5.28. The number of thiocarbonyl (C=S) groups is 1. The Hall–Kier alpha value is -2.85. The van der Waals surface area contributed by atoms with Gasteiger partial charge in [-0.1, -0.05) is 46.0 Å². The number of carbonyl (C=O) groups excluding carboxylic acids is 2. The lowest BCUT2D eigenvalue weighted by Crippen LogP contribution is -2.48. The molecule has 3 aromatic rings. The first-order valence-electron chi connectivity index (χ1n) is 8.88. The molecule has 0 aliphatic rings. The Morgan fingerprint density at radius 1 is 1.06 bits per heavy atom. The number of amides is 2. The summed E-state index contributed by atoms with van der Waals surface area (Å²) in [5, 5.41) is 7.11. The number of ether oxygens (including phenoxy) is 1. The number of aryl methyl sites for hydroxylation is 1. The lowest BCUT2D eigenvalue weighted by Gasteiger charge is -2.13. The molecule has 0 spiro atoms. The molecule has 2 amide bonds. The molecule has 0 aliphatic carbocycles. The second-order valence-electron chi connectivity index (χ2n) is 6.27. The minimum Gasteiger partial charge on any atom is -0.496 e. The highest BCUT2D eigenvalue weighted by molar-refractivity contribution is 7.80. The van der Waals surface area contributed by atoms with Crippen molar-refractivity contribution in [1.82, 2.24) is 21.3 Å². The summed E-state index contributed by atoms with van der Waals surface area (Å²) in [5.74, 6) is -0.679. The Balaban J connectivity index is 1.73. The van der Waals surface area contributed by atoms with Crippen molar-refractivity contribution in [3.05, 3.63) is 68.4 Å². The Morgan fingerprint density at radius 2 is 1.75 bits per heavy atom. The number of carbonyl (C=O) groups is 2. The molecule has 0 radical (unpaired) electrons. The Kier molecular flexibility index (Phi) is 7.57. The molecular weight excluding hydrogens is 499 g/mol. The fourth-order valence-corrected chi connectivity index (χ4v) is 3.66. The van der Waals surface area contributed by atoms with E-state index in [9.17, 15) is 9.59 Å². The van der Waals surface area contributed by atoms with Crippen molar-refractivity contribution in [3.8, 4) is 17.0 Å². The van der Waals surface area contributed by atoms with Gasteiger partial charge in [-0.25, -0.2) is 0 Å². The highest BCUT2D eigenvalue weighted by Gasteiger charge is 2.25. The van der Waals surface area contributed by atoms with Crippen LogP contribution in [0.15, 0.2) is 40.9 Å². The second-order valence-corrected chi connectivity index (χ2v) is 7.93. The molecule has 0 aliphatic heterocycles. The van der Waals surface area contributed by atoms with E-state index in [1.165, 1.54) is 13.2 Å². The second kappa shape index (κ2) is 10.2. The van der Waals surface area contributed by atoms with E-state index < -0.39 is 11.8 Å². The summed E-state index contributed by atoms with van der Waals surface area (Å²) in [6.07, 6.45) is 0. The van der Waals surface area contributed by atoms with Crippen LogP contribution in [0.3, 0.4) is 0 Å². The minimum atomic E-state index is -0.637. The van der Waals surface area contributed by atoms with Gasteiger partial charge in [0.05, 0.1) is 22.7 Å². The zero-order valence-corrected chi connectivity index (χ0v) is 19.7. The van der Waals surface area contributed by atoms with Gasteiger partial charge in [0.1, 0.15) is 22.8 Å². The largest absolute Gasteiger partial charge is 0.496 e. The summed E-state index contributed by atoms with van der Waals surface area (Å²) in [4.78, 5) is 25.3. The number of nitrogens with one attached hydrogen (secondary N) is 3. The number of methoxy groups -OCH3 is 1. The summed E-state index contributed by atoms with van der Waals surface area (Å²) in [7, 11) is 1.42. The molecule has 3 N–H and O–H groups in total. The predicted octanol–water partition coefficient (Wildman–Crippen LogP) is 4.57. The molecule has 166 valence electrons. The number of rotatable bonds is 4. The van der Waals surface area contributed by atoms with Gasteiger partial charge in [-0.05, 0) is 49.5 Å². The third kappa shape index (κ3) is 5.13. The smallest absolute Gasteiger partial charge is 0.273 e. The number of nitrogens with zero attached hydrogens (tertiary/aromatic N) is 1. The summed E-state index contributed by atoms with van der Waals surface area (Å²) in [6.45, 7) is 1.56. The molecule has 2 aromatic carbocycles. The first-order chi connectivity index (χ1) is 15.2. The molecule has 1 aromatic heterocycles. The Morgan fingerprint density at radius 3 is 2.41 bits per heavy atom. The van der Waals surface area contributed by atoms with Crippen molar-refractivity contribution in [2.24, 2.45) is 0 Å². The highest BCUT2D eigenvalue weighted by Crippen LogP contribution is 2.36. The first-order valence-corrected chi connectivity index (χ1v) is 10.4. The standard InChI is InChI=1S/C20H15Cl3N4O4S/c1-9-15(17(27-31-9)16-12(22)4-3-5-13(16)23)19(29)24-20(32)26-25-18(28)11-8-10(21)6-7-14(11)30-2/h3-8H,1-2H3,(H,25,28)(H2,24,26,29,32). The Bertz CT molecular complexity index is 1200. The van der Waals surface area contributed by atoms with Gasteiger partial charge < -0.3 is 9.26 Å². The molecule has 32 heavy (non-hydrogen) atoms. The minimum absolute atomic E-state index is 0.0898. The van der Waals surface area contributed by atoms with E-state index in [-0.39, 0.29) is 27.7 Å². The molecule has 0 atom stereocenters. The zero-order chi connectivity index (χ0) is 23.4. The molecular formula is C20H15Cl3N4O4S. The third-order valence-electron chi connectivity index (χ3n) is 4.21. The van der Waals surface area contributed by atoms with Crippen LogP contribution in [0.5, 0.6) is 5.75 Å². The fourth-order valence-electron chi connectivity index (χ4n) is 2.77. The van der Waals surface area contributed by atoms with Gasteiger partial charge in [0.2, 0.25) is 0 Å². The van der Waals surface area contributed by atoms with E-state index in [1.54, 1.807) is 37.3 Å². The van der Waals surface area contributed by atoms with Crippen molar-refractivity contribution in [3.63, 3.8) is 0 Å². The summed E-state index contributed by atoms with van der Waals surface area (Å²) in [6, 6.07) is 9.45. The first kappa shape index (κ1) is 23.8. The van der Waals surface area contributed by atoms with Crippen LogP contribution in [0, 0.1) is 6.92 Å². The van der Waals surface area contributed by atoms with Crippen LogP contribution in [-0.4, -0.2) is 29.2 Å². The molecule has 0 fully saturated rings. The van der Waals surface area contributed by atoms with E-state index in [2.05, 4.69) is 21.3 Å². The van der Waals surface area contributed by atoms with Crippen molar-refractivity contribution in [1.29, 1.82) is 0 Å². The number of aromatic nitrogens is 1. The number of hydrazine groups is 1. The van der Waals surface area contributed by atoms with Crippen LogP contribution in [-0.2, 0) is 0 Å². The van der Waals surface area contributed by atoms with Crippen LogP contribution < -0.4 is 20.9 Å². The van der Waals surface area contributed by atoms with Gasteiger partial charge in [-0.15, -0.1) is 0 Å². The number of hydrogen-bond donors (Lipinski definition) is 3. The normalized spacial score (nSPS) is 10.4. The van der Waals surface area contributed by atoms with E-state index in [0.717, 1.165) is 0 Å². The molecule has 0 saturated carbocycles. The fraction of sp³-hybridized carbons (Fsp3) is 0.100. The molecule has 0 saturated heterocycles. The van der Waals surface area contributed by atoms with Crippen molar-refractivity contribution in [2.45, 2.75) is 6.92 Å². The maximum atomic E-state index is 12.8. The van der Waals surface area contributed by atoms with Gasteiger partial charge in [0.15, 0.2) is 5.11 Å². The Labute approximate surface area is 203 Å². The van der Waals surface area contributed by atoms with E-state index in [0.29, 0.717) is 26.4 Å². The number of halogens is 3. The molecule has 8 nitrogen and oxygen atoms in total. The van der Waals surface area contributed by atoms with Crippen LogP contribution in [0.1, 0.15) is 26.5 Å². The van der Waals surface area contributed by atoms with Crippen molar-refractivity contribution >= 4 is 63.9 Å². The van der Waals surface area contributed by atoms with Gasteiger partial charge in [-0.2, -0.15) is 0 Å². The average molecular weight is 514 g/mol. The van der Waals surface area contributed by atoms with E-state index >= 15 is 0 Å². The van der Waals surface area contributed by atoms with Crippen LogP contribution in [0.25, 0.3) is 11.3 Å². The van der Waals surface area contributed by atoms with E-state index in [4.69, 9.17) is 56.3 Å². The van der Waals surface area contributed by atoms with Gasteiger partial charge in [0, 0.05) is 10.6 Å². The van der Waals surface area contributed by atoms with Crippen LogP contribution >= 0.6 is 47.0 Å². The maximum absolute atomic E-state index is 12.8. The highest BCUT2D eigenvalue weighted by atomic mass is 35.5. The van der Waals surface area contributed by atoms with E-state index in [1.807, 2.05) is 0 Å². The molecule has 0 bridgehead atoms. The van der Waals surface area contributed by atoms with Gasteiger partial charge in [-0.3, -0.25) is 25.8 Å². The lowest BCUT2D eigenvalue weighted by atomic mass is 10.1. The summed E-state index contributed by atoms with van der Waals surface area (Å²) in [5.41, 5.74) is 5.58. The lowest BCUT2D eigenvalue weighted by molar-refractivity contribution is 0.0931. The number of benzene rings is 2. The monoisotopic (exact) mass is 512 g/mol. The molecule has 1 heterocycles. The van der Waals surface area contributed by atoms with Crippen LogP contribution in [0.4, 0.5) is 0 Å². The summed E-state index contributed by atoms with van der Waals surface area (Å²) < 4.78 is 10.3. The number of hydrogen-bond acceptors (Lipinski definition) is 6.